The number of halogens is 2. The van der Waals surface area contributed by atoms with E-state index in [0.717, 1.165) is 17.0 Å². The van der Waals surface area contributed by atoms with Gasteiger partial charge in [0.05, 0.1) is 5.88 Å². The first-order valence-corrected chi connectivity index (χ1v) is 9.84. The zero-order valence-corrected chi connectivity index (χ0v) is 13.6. The molecule has 1 atom stereocenters. The molecule has 0 amide bonds. The molecule has 106 valence electrons. The van der Waals surface area contributed by atoms with Crippen molar-refractivity contribution in [2.24, 2.45) is 0 Å². The first kappa shape index (κ1) is 15.3. The number of anilines is 1. The van der Waals surface area contributed by atoms with E-state index < -0.39 is 15.2 Å². The normalized spacial score (nSPS) is 20.6. The fraction of sp³-hybridized carbons (Fsp3) is 0.500. The summed E-state index contributed by atoms with van der Waals surface area (Å²) in [5, 5.41) is 0.0738. The van der Waals surface area contributed by atoms with Crippen LogP contribution in [0, 0.1) is 0 Å². The molecule has 0 saturated carbocycles. The van der Waals surface area contributed by atoms with Crippen LogP contribution in [-0.4, -0.2) is 38.1 Å². The SMILES string of the molecule is CS(=O)(=O)C1CSCCN1c1cccc(Cl)c1CCl. The second-order valence-electron chi connectivity index (χ2n) is 4.42. The molecule has 7 heteroatoms. The molecule has 0 N–H and O–H groups in total. The predicted octanol–water partition coefficient (Wildman–Crippen LogP) is 3.00. The van der Waals surface area contributed by atoms with Gasteiger partial charge in [-0.25, -0.2) is 8.42 Å². The van der Waals surface area contributed by atoms with Crippen LogP contribution in [0.25, 0.3) is 0 Å². The number of sulfone groups is 1. The van der Waals surface area contributed by atoms with E-state index in [0.29, 0.717) is 17.3 Å². The highest BCUT2D eigenvalue weighted by Crippen LogP contribution is 2.33. The molecule has 0 aromatic heterocycles. The maximum atomic E-state index is 11.9. The van der Waals surface area contributed by atoms with E-state index in [1.807, 2.05) is 17.0 Å². The first-order valence-electron chi connectivity index (χ1n) is 5.81. The Morgan fingerprint density at radius 1 is 1.47 bits per heavy atom. The molecule has 0 radical (unpaired) electrons. The van der Waals surface area contributed by atoms with Gasteiger partial charge in [0.1, 0.15) is 5.37 Å². The minimum atomic E-state index is -3.14. The van der Waals surface area contributed by atoms with Crippen molar-refractivity contribution in [1.29, 1.82) is 0 Å². The van der Waals surface area contributed by atoms with Gasteiger partial charge < -0.3 is 4.90 Å². The Bertz CT molecular complexity index is 563. The Kier molecular flexibility index (Phi) is 4.93. The van der Waals surface area contributed by atoms with Gasteiger partial charge in [-0.3, -0.25) is 0 Å². The Balaban J connectivity index is 2.46. The largest absolute Gasteiger partial charge is 0.353 e. The monoisotopic (exact) mass is 339 g/mol. The number of thioether (sulfide) groups is 1. The first-order chi connectivity index (χ1) is 8.95. The highest BCUT2D eigenvalue weighted by molar-refractivity contribution is 8.01. The van der Waals surface area contributed by atoms with Gasteiger partial charge in [0, 0.05) is 40.6 Å². The summed E-state index contributed by atoms with van der Waals surface area (Å²) in [6, 6.07) is 5.49. The van der Waals surface area contributed by atoms with Crippen molar-refractivity contribution >= 4 is 50.5 Å². The lowest BCUT2D eigenvalue weighted by Gasteiger charge is -2.37. The Hall–Kier alpha value is -0.100. The van der Waals surface area contributed by atoms with Crippen LogP contribution >= 0.6 is 35.0 Å². The van der Waals surface area contributed by atoms with E-state index in [2.05, 4.69) is 0 Å². The number of benzene rings is 1. The van der Waals surface area contributed by atoms with Crippen molar-refractivity contribution in [2.75, 3.05) is 29.2 Å². The van der Waals surface area contributed by atoms with E-state index >= 15 is 0 Å². The van der Waals surface area contributed by atoms with Crippen LogP contribution in [0.15, 0.2) is 18.2 Å². The number of nitrogens with zero attached hydrogens (tertiary/aromatic N) is 1. The standard InChI is InChI=1S/C12H15Cl2NO2S2/c1-19(16,17)12-8-18-6-5-15(12)11-4-2-3-10(14)9(11)7-13/h2-4,12H,5-8H2,1H3. The van der Waals surface area contributed by atoms with Crippen molar-refractivity contribution < 1.29 is 8.42 Å². The lowest BCUT2D eigenvalue weighted by Crippen LogP contribution is -2.47. The van der Waals surface area contributed by atoms with E-state index in [4.69, 9.17) is 23.2 Å². The molecule has 1 aliphatic rings. The molecule has 1 aromatic rings. The van der Waals surface area contributed by atoms with Gasteiger partial charge in [-0.15, -0.1) is 11.6 Å². The van der Waals surface area contributed by atoms with Crippen LogP contribution in [0.3, 0.4) is 0 Å². The Labute approximate surface area is 128 Å². The molecule has 0 aliphatic carbocycles. The van der Waals surface area contributed by atoms with Crippen LogP contribution in [-0.2, 0) is 15.7 Å². The molecule has 1 fully saturated rings. The second-order valence-corrected chi connectivity index (χ2v) is 8.45. The van der Waals surface area contributed by atoms with Crippen LogP contribution < -0.4 is 4.90 Å². The van der Waals surface area contributed by atoms with Gasteiger partial charge in [-0.1, -0.05) is 17.7 Å². The van der Waals surface area contributed by atoms with Crippen LogP contribution in [0.1, 0.15) is 5.56 Å². The number of alkyl halides is 1. The minimum Gasteiger partial charge on any atom is -0.353 e. The third kappa shape index (κ3) is 3.32. The third-order valence-electron chi connectivity index (χ3n) is 3.12. The third-order valence-corrected chi connectivity index (χ3v) is 6.38. The maximum Gasteiger partial charge on any atom is 0.169 e. The molecule has 1 aromatic carbocycles. The van der Waals surface area contributed by atoms with Crippen molar-refractivity contribution in [2.45, 2.75) is 11.3 Å². The fourth-order valence-electron chi connectivity index (χ4n) is 2.16. The van der Waals surface area contributed by atoms with E-state index in [1.54, 1.807) is 17.8 Å². The molecule has 1 saturated heterocycles. The zero-order valence-electron chi connectivity index (χ0n) is 10.5. The highest BCUT2D eigenvalue weighted by atomic mass is 35.5. The molecule has 0 spiro atoms. The molecule has 1 aliphatic heterocycles. The Morgan fingerprint density at radius 3 is 2.84 bits per heavy atom. The zero-order chi connectivity index (χ0) is 14.0. The van der Waals surface area contributed by atoms with Crippen LogP contribution in [0.4, 0.5) is 5.69 Å². The van der Waals surface area contributed by atoms with Gasteiger partial charge in [0.15, 0.2) is 9.84 Å². The molecule has 2 rings (SSSR count). The number of hydrogen-bond donors (Lipinski definition) is 0. The van der Waals surface area contributed by atoms with Crippen molar-refractivity contribution in [3.63, 3.8) is 0 Å². The van der Waals surface area contributed by atoms with Crippen molar-refractivity contribution in [3.8, 4) is 0 Å². The Morgan fingerprint density at radius 2 is 2.21 bits per heavy atom. The summed E-state index contributed by atoms with van der Waals surface area (Å²) >= 11 is 13.8. The minimum absolute atomic E-state index is 0.273. The van der Waals surface area contributed by atoms with Gasteiger partial charge in [-0.05, 0) is 12.1 Å². The van der Waals surface area contributed by atoms with Crippen molar-refractivity contribution in [3.05, 3.63) is 28.8 Å². The summed E-state index contributed by atoms with van der Waals surface area (Å²) in [5.41, 5.74) is 1.63. The topological polar surface area (TPSA) is 37.4 Å². The molecule has 0 bridgehead atoms. The fourth-order valence-corrected chi connectivity index (χ4v) is 5.58. The molecule has 3 nitrogen and oxygen atoms in total. The van der Waals surface area contributed by atoms with Gasteiger partial charge in [-0.2, -0.15) is 11.8 Å². The second kappa shape index (κ2) is 6.12. The average Bonchev–Trinajstić information content (AvgIpc) is 2.37. The summed E-state index contributed by atoms with van der Waals surface area (Å²) in [7, 11) is -3.14. The summed E-state index contributed by atoms with van der Waals surface area (Å²) in [5.74, 6) is 1.75. The quantitative estimate of drug-likeness (QED) is 0.793. The van der Waals surface area contributed by atoms with E-state index in [-0.39, 0.29) is 5.88 Å². The van der Waals surface area contributed by atoms with E-state index in [1.165, 1.54) is 6.26 Å². The maximum absolute atomic E-state index is 11.9. The van der Waals surface area contributed by atoms with Crippen molar-refractivity contribution in [1.82, 2.24) is 0 Å². The summed E-state index contributed by atoms with van der Waals surface area (Å²) < 4.78 is 23.9. The van der Waals surface area contributed by atoms with Crippen LogP contribution in [0.2, 0.25) is 5.02 Å². The summed E-state index contributed by atoms with van der Waals surface area (Å²) in [6.45, 7) is 0.687. The molecule has 19 heavy (non-hydrogen) atoms. The molecule has 1 heterocycles. The predicted molar refractivity (Wildman–Crippen MR) is 84.3 cm³/mol. The smallest absolute Gasteiger partial charge is 0.169 e. The molecule has 1 unspecified atom stereocenters. The lowest BCUT2D eigenvalue weighted by molar-refractivity contribution is 0.584. The number of hydrogen-bond acceptors (Lipinski definition) is 4. The highest BCUT2D eigenvalue weighted by Gasteiger charge is 2.32. The molecular weight excluding hydrogens is 325 g/mol. The number of rotatable bonds is 3. The average molecular weight is 340 g/mol. The van der Waals surface area contributed by atoms with Gasteiger partial charge >= 0.3 is 0 Å². The van der Waals surface area contributed by atoms with Crippen LogP contribution in [0.5, 0.6) is 0 Å². The van der Waals surface area contributed by atoms with Gasteiger partial charge in [0.25, 0.3) is 0 Å². The lowest BCUT2D eigenvalue weighted by atomic mass is 10.1. The van der Waals surface area contributed by atoms with E-state index in [9.17, 15) is 8.42 Å². The molecular formula is C12H15Cl2NO2S2. The summed E-state index contributed by atoms with van der Waals surface area (Å²) in [4.78, 5) is 1.91. The van der Waals surface area contributed by atoms with Gasteiger partial charge in [0.2, 0.25) is 0 Å². The summed E-state index contributed by atoms with van der Waals surface area (Å²) in [6.07, 6.45) is 1.28.